The number of carbonyl (C=O) groups excluding carboxylic acids is 1. The number of halogens is 1. The van der Waals surface area contributed by atoms with Crippen molar-refractivity contribution < 1.29 is 4.79 Å². The van der Waals surface area contributed by atoms with Gasteiger partial charge in [0.15, 0.2) is 0 Å². The Hall–Kier alpha value is -1.02. The minimum Gasteiger partial charge on any atom is -0.354 e. The van der Waals surface area contributed by atoms with Crippen molar-refractivity contribution in [1.29, 1.82) is 0 Å². The normalized spacial score (nSPS) is 10.3. The molecule has 0 unspecified atom stereocenters. The van der Waals surface area contributed by atoms with Crippen molar-refractivity contribution in [3.8, 4) is 0 Å². The van der Waals surface area contributed by atoms with E-state index in [-0.39, 0.29) is 11.9 Å². The third-order valence-electron chi connectivity index (χ3n) is 1.70. The Kier molecular flexibility index (Phi) is 3.96. The fourth-order valence-electron chi connectivity index (χ4n) is 1.21. The minimum atomic E-state index is 0.0299. The van der Waals surface area contributed by atoms with E-state index >= 15 is 0 Å². The summed E-state index contributed by atoms with van der Waals surface area (Å²) in [5, 5.41) is 3.50. The summed E-state index contributed by atoms with van der Waals surface area (Å²) in [6.07, 6.45) is 0.388. The average molecular weight is 212 g/mol. The van der Waals surface area contributed by atoms with Crippen LogP contribution in [0.4, 0.5) is 0 Å². The van der Waals surface area contributed by atoms with E-state index in [1.54, 1.807) is 6.07 Å². The number of hydrogen-bond donors (Lipinski definition) is 1. The van der Waals surface area contributed by atoms with Crippen LogP contribution in [0.2, 0.25) is 5.02 Å². The van der Waals surface area contributed by atoms with Crippen molar-refractivity contribution in [1.82, 2.24) is 5.32 Å². The summed E-state index contributed by atoms with van der Waals surface area (Å²) >= 11 is 5.80. The van der Waals surface area contributed by atoms with Crippen molar-refractivity contribution in [2.75, 3.05) is 0 Å². The molecule has 0 saturated heterocycles. The first-order valence-electron chi connectivity index (χ1n) is 4.61. The van der Waals surface area contributed by atoms with Gasteiger partial charge in [-0.25, -0.2) is 0 Å². The van der Waals surface area contributed by atoms with Crippen molar-refractivity contribution in [2.24, 2.45) is 0 Å². The van der Waals surface area contributed by atoms with Gasteiger partial charge in [0.05, 0.1) is 6.42 Å². The molecular weight excluding hydrogens is 198 g/mol. The molecule has 0 heterocycles. The van der Waals surface area contributed by atoms with Crippen LogP contribution in [0.3, 0.4) is 0 Å². The molecule has 0 saturated carbocycles. The number of amides is 1. The Morgan fingerprint density at radius 1 is 1.50 bits per heavy atom. The lowest BCUT2D eigenvalue weighted by molar-refractivity contribution is -0.120. The molecule has 1 aromatic carbocycles. The zero-order valence-electron chi connectivity index (χ0n) is 8.38. The molecule has 0 aliphatic carbocycles. The van der Waals surface area contributed by atoms with E-state index in [0.29, 0.717) is 11.4 Å². The molecule has 1 aromatic rings. The summed E-state index contributed by atoms with van der Waals surface area (Å²) < 4.78 is 0. The predicted molar refractivity (Wildman–Crippen MR) is 58.4 cm³/mol. The van der Waals surface area contributed by atoms with Crippen LogP contribution < -0.4 is 5.32 Å². The molecule has 0 bridgehead atoms. The highest BCUT2D eigenvalue weighted by molar-refractivity contribution is 6.30. The van der Waals surface area contributed by atoms with Gasteiger partial charge in [0, 0.05) is 11.1 Å². The molecule has 3 heteroatoms. The Bertz CT molecular complexity index is 323. The van der Waals surface area contributed by atoms with Crippen molar-refractivity contribution in [3.63, 3.8) is 0 Å². The van der Waals surface area contributed by atoms with Crippen LogP contribution >= 0.6 is 11.6 Å². The second-order valence-electron chi connectivity index (χ2n) is 3.53. The number of nitrogens with one attached hydrogen (secondary N) is 1. The molecule has 0 atom stereocenters. The van der Waals surface area contributed by atoms with Gasteiger partial charge in [0.1, 0.15) is 0 Å². The van der Waals surface area contributed by atoms with Gasteiger partial charge in [-0.3, -0.25) is 4.79 Å². The Balaban J connectivity index is 2.56. The molecule has 14 heavy (non-hydrogen) atoms. The monoisotopic (exact) mass is 211 g/mol. The average Bonchev–Trinajstić information content (AvgIpc) is 2.01. The van der Waals surface area contributed by atoms with Gasteiger partial charge in [-0.1, -0.05) is 23.7 Å². The highest BCUT2D eigenvalue weighted by atomic mass is 35.5. The lowest BCUT2D eigenvalue weighted by Crippen LogP contribution is -2.31. The van der Waals surface area contributed by atoms with Crippen LogP contribution in [0, 0.1) is 0 Å². The number of hydrogen-bond acceptors (Lipinski definition) is 1. The lowest BCUT2D eigenvalue weighted by Gasteiger charge is -2.08. The van der Waals surface area contributed by atoms with Gasteiger partial charge in [0.25, 0.3) is 0 Å². The first kappa shape index (κ1) is 11.1. The second kappa shape index (κ2) is 5.01. The molecule has 0 aliphatic heterocycles. The Morgan fingerprint density at radius 2 is 2.21 bits per heavy atom. The maximum absolute atomic E-state index is 11.4. The summed E-state index contributed by atoms with van der Waals surface area (Å²) in [5.74, 6) is 0.0299. The molecule has 0 spiro atoms. The van der Waals surface area contributed by atoms with Crippen LogP contribution in [0.1, 0.15) is 19.4 Å². The smallest absolute Gasteiger partial charge is 0.224 e. The SMILES string of the molecule is CC(C)NC(=O)Cc1cccc(Cl)c1. The summed E-state index contributed by atoms with van der Waals surface area (Å²) in [6, 6.07) is 7.53. The highest BCUT2D eigenvalue weighted by Gasteiger charge is 2.04. The van der Waals surface area contributed by atoms with E-state index in [4.69, 9.17) is 11.6 Å². The maximum Gasteiger partial charge on any atom is 0.224 e. The van der Waals surface area contributed by atoms with Gasteiger partial charge in [-0.15, -0.1) is 0 Å². The first-order valence-corrected chi connectivity index (χ1v) is 4.99. The summed E-state index contributed by atoms with van der Waals surface area (Å²) in [4.78, 5) is 11.4. The molecule has 1 rings (SSSR count). The van der Waals surface area contributed by atoms with E-state index in [2.05, 4.69) is 5.32 Å². The van der Waals surface area contributed by atoms with Gasteiger partial charge in [0.2, 0.25) is 5.91 Å². The predicted octanol–water partition coefficient (Wildman–Crippen LogP) is 2.41. The molecule has 1 amide bonds. The van der Waals surface area contributed by atoms with E-state index in [9.17, 15) is 4.79 Å². The van der Waals surface area contributed by atoms with Crippen molar-refractivity contribution in [2.45, 2.75) is 26.3 Å². The fourth-order valence-corrected chi connectivity index (χ4v) is 1.42. The largest absolute Gasteiger partial charge is 0.354 e. The topological polar surface area (TPSA) is 29.1 Å². The zero-order chi connectivity index (χ0) is 10.6. The van der Waals surface area contributed by atoms with Crippen LogP contribution in [0.25, 0.3) is 0 Å². The summed E-state index contributed by atoms with van der Waals surface area (Å²) in [7, 11) is 0. The van der Waals surface area contributed by atoms with Crippen molar-refractivity contribution >= 4 is 17.5 Å². The molecule has 2 nitrogen and oxygen atoms in total. The fraction of sp³-hybridized carbons (Fsp3) is 0.364. The van der Waals surface area contributed by atoms with E-state index in [0.717, 1.165) is 5.56 Å². The molecule has 1 N–H and O–H groups in total. The van der Waals surface area contributed by atoms with Crippen LogP contribution in [0.5, 0.6) is 0 Å². The van der Waals surface area contributed by atoms with Gasteiger partial charge in [-0.2, -0.15) is 0 Å². The quantitative estimate of drug-likeness (QED) is 0.818. The van der Waals surface area contributed by atoms with E-state index < -0.39 is 0 Å². The summed E-state index contributed by atoms with van der Waals surface area (Å²) in [6.45, 7) is 3.88. The Labute approximate surface area is 89.3 Å². The Morgan fingerprint density at radius 3 is 2.79 bits per heavy atom. The van der Waals surface area contributed by atoms with Gasteiger partial charge >= 0.3 is 0 Å². The molecule has 0 radical (unpaired) electrons. The third-order valence-corrected chi connectivity index (χ3v) is 1.94. The van der Waals surface area contributed by atoms with Gasteiger partial charge in [-0.05, 0) is 31.5 Å². The van der Waals surface area contributed by atoms with Crippen LogP contribution in [-0.4, -0.2) is 11.9 Å². The number of carbonyl (C=O) groups is 1. The summed E-state index contributed by atoms with van der Waals surface area (Å²) in [5.41, 5.74) is 0.940. The number of benzene rings is 1. The van der Waals surface area contributed by atoms with E-state index in [1.165, 1.54) is 0 Å². The molecule has 0 fully saturated rings. The van der Waals surface area contributed by atoms with Gasteiger partial charge < -0.3 is 5.32 Å². The molecular formula is C11H14ClNO. The standard InChI is InChI=1S/C11H14ClNO/c1-8(2)13-11(14)7-9-4-3-5-10(12)6-9/h3-6,8H,7H2,1-2H3,(H,13,14). The molecule has 76 valence electrons. The third kappa shape index (κ3) is 3.79. The highest BCUT2D eigenvalue weighted by Crippen LogP contribution is 2.10. The maximum atomic E-state index is 11.4. The number of rotatable bonds is 3. The second-order valence-corrected chi connectivity index (χ2v) is 3.97. The molecule has 0 aromatic heterocycles. The minimum absolute atomic E-state index is 0.0299. The van der Waals surface area contributed by atoms with Crippen molar-refractivity contribution in [3.05, 3.63) is 34.9 Å². The van der Waals surface area contributed by atoms with Crippen LogP contribution in [-0.2, 0) is 11.2 Å². The molecule has 0 aliphatic rings. The lowest BCUT2D eigenvalue weighted by atomic mass is 10.1. The van der Waals surface area contributed by atoms with E-state index in [1.807, 2.05) is 32.0 Å². The van der Waals surface area contributed by atoms with Crippen LogP contribution in [0.15, 0.2) is 24.3 Å². The first-order chi connectivity index (χ1) is 6.58. The zero-order valence-corrected chi connectivity index (χ0v) is 9.14.